The van der Waals surface area contributed by atoms with Crippen LogP contribution in [-0.2, 0) is 14.9 Å². The maximum atomic E-state index is 11.5. The standard InChI is InChI=1S/C11H14O2S/c1-11(2,10(12)13-3)8-5-4-6-9(14)7-8/h4-7,14H,1-3H3. The first-order chi connectivity index (χ1) is 6.48. The van der Waals surface area contributed by atoms with Crippen molar-refractivity contribution in [3.05, 3.63) is 29.8 Å². The molecule has 0 fully saturated rings. The van der Waals surface area contributed by atoms with Crippen LogP contribution in [0, 0.1) is 0 Å². The lowest BCUT2D eigenvalue weighted by atomic mass is 9.85. The molecule has 0 spiro atoms. The Bertz CT molecular complexity index is 345. The minimum absolute atomic E-state index is 0.239. The molecule has 1 aromatic carbocycles. The summed E-state index contributed by atoms with van der Waals surface area (Å²) in [5, 5.41) is 0. The van der Waals surface area contributed by atoms with Crippen LogP contribution >= 0.6 is 12.6 Å². The molecule has 2 nitrogen and oxygen atoms in total. The van der Waals surface area contributed by atoms with Crippen molar-refractivity contribution in [2.45, 2.75) is 24.2 Å². The zero-order valence-electron chi connectivity index (χ0n) is 8.57. The Morgan fingerprint density at radius 1 is 1.43 bits per heavy atom. The van der Waals surface area contributed by atoms with E-state index in [2.05, 4.69) is 12.6 Å². The summed E-state index contributed by atoms with van der Waals surface area (Å²) in [7, 11) is 1.40. The molecule has 0 aromatic heterocycles. The molecule has 0 atom stereocenters. The maximum absolute atomic E-state index is 11.5. The van der Waals surface area contributed by atoms with Crippen LogP contribution in [0.5, 0.6) is 0 Å². The normalized spacial score (nSPS) is 11.1. The van der Waals surface area contributed by atoms with Crippen LogP contribution in [-0.4, -0.2) is 13.1 Å². The second-order valence-corrected chi connectivity index (χ2v) is 4.18. The van der Waals surface area contributed by atoms with Crippen LogP contribution in [0.3, 0.4) is 0 Å². The lowest BCUT2D eigenvalue weighted by Gasteiger charge is -2.22. The third kappa shape index (κ3) is 2.10. The molecule has 3 heteroatoms. The molecule has 1 rings (SSSR count). The predicted molar refractivity (Wildman–Crippen MR) is 58.7 cm³/mol. The van der Waals surface area contributed by atoms with Crippen molar-refractivity contribution in [3.63, 3.8) is 0 Å². The van der Waals surface area contributed by atoms with E-state index in [-0.39, 0.29) is 5.97 Å². The Hall–Kier alpha value is -0.960. The van der Waals surface area contributed by atoms with Gasteiger partial charge < -0.3 is 4.74 Å². The van der Waals surface area contributed by atoms with E-state index >= 15 is 0 Å². The summed E-state index contributed by atoms with van der Waals surface area (Å²) in [5.41, 5.74) is 0.296. The molecule has 0 saturated heterocycles. The molecule has 0 N–H and O–H groups in total. The zero-order valence-corrected chi connectivity index (χ0v) is 9.47. The van der Waals surface area contributed by atoms with Crippen molar-refractivity contribution < 1.29 is 9.53 Å². The molecule has 0 saturated carbocycles. The minimum atomic E-state index is -0.618. The number of ether oxygens (including phenoxy) is 1. The Balaban J connectivity index is 3.09. The number of benzene rings is 1. The fourth-order valence-electron chi connectivity index (χ4n) is 1.27. The van der Waals surface area contributed by atoms with Gasteiger partial charge in [0.15, 0.2) is 0 Å². The van der Waals surface area contributed by atoms with E-state index in [0.717, 1.165) is 10.5 Å². The number of carbonyl (C=O) groups excluding carboxylic acids is 1. The summed E-state index contributed by atoms with van der Waals surface area (Å²) in [6, 6.07) is 7.53. The third-order valence-corrected chi connectivity index (χ3v) is 2.54. The summed E-state index contributed by atoms with van der Waals surface area (Å²) < 4.78 is 4.75. The molecule has 0 radical (unpaired) electrons. The fourth-order valence-corrected chi connectivity index (χ4v) is 1.49. The fraction of sp³-hybridized carbons (Fsp3) is 0.364. The van der Waals surface area contributed by atoms with Crippen molar-refractivity contribution >= 4 is 18.6 Å². The minimum Gasteiger partial charge on any atom is -0.468 e. The summed E-state index contributed by atoms with van der Waals surface area (Å²) in [6.07, 6.45) is 0. The Morgan fingerprint density at radius 2 is 2.07 bits per heavy atom. The van der Waals surface area contributed by atoms with Crippen LogP contribution in [0.25, 0.3) is 0 Å². The van der Waals surface area contributed by atoms with E-state index < -0.39 is 5.41 Å². The van der Waals surface area contributed by atoms with Crippen molar-refractivity contribution in [2.24, 2.45) is 0 Å². The van der Waals surface area contributed by atoms with E-state index in [4.69, 9.17) is 4.74 Å². The third-order valence-electron chi connectivity index (χ3n) is 2.26. The SMILES string of the molecule is COC(=O)C(C)(C)c1cccc(S)c1. The van der Waals surface area contributed by atoms with Gasteiger partial charge in [0.2, 0.25) is 0 Å². The number of carbonyl (C=O) groups is 1. The number of rotatable bonds is 2. The summed E-state index contributed by atoms with van der Waals surface area (Å²) in [5.74, 6) is -0.239. The topological polar surface area (TPSA) is 26.3 Å². The molecular weight excluding hydrogens is 196 g/mol. The van der Waals surface area contributed by atoms with E-state index in [1.54, 1.807) is 0 Å². The Kier molecular flexibility index (Phi) is 3.21. The highest BCUT2D eigenvalue weighted by molar-refractivity contribution is 7.80. The van der Waals surface area contributed by atoms with Gasteiger partial charge in [-0.2, -0.15) is 0 Å². The van der Waals surface area contributed by atoms with Crippen LogP contribution < -0.4 is 0 Å². The van der Waals surface area contributed by atoms with Gasteiger partial charge in [-0.05, 0) is 31.5 Å². The van der Waals surface area contributed by atoms with E-state index in [1.165, 1.54) is 7.11 Å². The molecule has 0 aliphatic rings. The average molecular weight is 210 g/mol. The van der Waals surface area contributed by atoms with Gasteiger partial charge in [-0.3, -0.25) is 4.79 Å². The van der Waals surface area contributed by atoms with Crippen molar-refractivity contribution in [1.82, 2.24) is 0 Å². The largest absolute Gasteiger partial charge is 0.468 e. The van der Waals surface area contributed by atoms with Crippen LogP contribution in [0.15, 0.2) is 29.2 Å². The van der Waals surface area contributed by atoms with Gasteiger partial charge in [-0.1, -0.05) is 12.1 Å². The number of hydrogen-bond acceptors (Lipinski definition) is 3. The quantitative estimate of drug-likeness (QED) is 0.599. The first-order valence-corrected chi connectivity index (χ1v) is 4.81. The zero-order chi connectivity index (χ0) is 10.8. The van der Waals surface area contributed by atoms with Gasteiger partial charge in [0.05, 0.1) is 12.5 Å². The molecule has 0 aliphatic heterocycles. The van der Waals surface area contributed by atoms with Gasteiger partial charge >= 0.3 is 5.97 Å². The molecule has 1 aromatic rings. The van der Waals surface area contributed by atoms with Crippen LogP contribution in [0.1, 0.15) is 19.4 Å². The second kappa shape index (κ2) is 4.05. The van der Waals surface area contributed by atoms with Crippen molar-refractivity contribution in [3.8, 4) is 0 Å². The molecular formula is C11H14O2S. The number of methoxy groups -OCH3 is 1. The van der Waals surface area contributed by atoms with Crippen molar-refractivity contribution in [2.75, 3.05) is 7.11 Å². The molecule has 0 amide bonds. The second-order valence-electron chi connectivity index (χ2n) is 3.67. The highest BCUT2D eigenvalue weighted by Crippen LogP contribution is 2.26. The first-order valence-electron chi connectivity index (χ1n) is 4.36. The van der Waals surface area contributed by atoms with Gasteiger partial charge in [0.1, 0.15) is 0 Å². The Labute approximate surface area is 89.7 Å². The average Bonchev–Trinajstić information content (AvgIpc) is 2.16. The summed E-state index contributed by atoms with van der Waals surface area (Å²) in [4.78, 5) is 12.3. The highest BCUT2D eigenvalue weighted by Gasteiger charge is 2.30. The lowest BCUT2D eigenvalue weighted by molar-refractivity contribution is -0.146. The van der Waals surface area contributed by atoms with Crippen molar-refractivity contribution in [1.29, 1.82) is 0 Å². The summed E-state index contributed by atoms with van der Waals surface area (Å²) >= 11 is 4.23. The smallest absolute Gasteiger partial charge is 0.315 e. The van der Waals surface area contributed by atoms with Gasteiger partial charge in [-0.15, -0.1) is 12.6 Å². The maximum Gasteiger partial charge on any atom is 0.315 e. The highest BCUT2D eigenvalue weighted by atomic mass is 32.1. The monoisotopic (exact) mass is 210 g/mol. The summed E-state index contributed by atoms with van der Waals surface area (Å²) in [6.45, 7) is 3.67. The van der Waals surface area contributed by atoms with Gasteiger partial charge in [0.25, 0.3) is 0 Å². The number of thiol groups is 1. The Morgan fingerprint density at radius 3 is 2.57 bits per heavy atom. The van der Waals surface area contributed by atoms with Crippen LogP contribution in [0.4, 0.5) is 0 Å². The number of hydrogen-bond donors (Lipinski definition) is 1. The first kappa shape index (κ1) is 11.1. The van der Waals surface area contributed by atoms with Gasteiger partial charge in [-0.25, -0.2) is 0 Å². The molecule has 76 valence electrons. The van der Waals surface area contributed by atoms with E-state index in [9.17, 15) is 4.79 Å². The van der Waals surface area contributed by atoms with E-state index in [0.29, 0.717) is 0 Å². The predicted octanol–water partition coefficient (Wildman–Crippen LogP) is 2.43. The van der Waals surface area contributed by atoms with E-state index in [1.807, 2.05) is 38.1 Å². The molecule has 0 bridgehead atoms. The molecule has 0 heterocycles. The van der Waals surface area contributed by atoms with Crippen LogP contribution in [0.2, 0.25) is 0 Å². The number of esters is 1. The lowest BCUT2D eigenvalue weighted by Crippen LogP contribution is -2.30. The molecule has 0 aliphatic carbocycles. The molecule has 0 unspecified atom stereocenters. The molecule has 14 heavy (non-hydrogen) atoms. The van der Waals surface area contributed by atoms with Gasteiger partial charge in [0, 0.05) is 4.90 Å².